The van der Waals surface area contributed by atoms with E-state index in [1.807, 2.05) is 13.1 Å². The summed E-state index contributed by atoms with van der Waals surface area (Å²) in [5, 5.41) is 4.07. The highest BCUT2D eigenvalue weighted by molar-refractivity contribution is 5.78. The van der Waals surface area contributed by atoms with Crippen molar-refractivity contribution in [3.63, 3.8) is 0 Å². The highest BCUT2D eigenvalue weighted by atomic mass is 19.1. The van der Waals surface area contributed by atoms with E-state index in [-0.39, 0.29) is 11.9 Å². The van der Waals surface area contributed by atoms with Crippen LogP contribution >= 0.6 is 0 Å². The Balaban J connectivity index is 1.90. The van der Waals surface area contributed by atoms with Gasteiger partial charge in [-0.25, -0.2) is 4.39 Å². The van der Waals surface area contributed by atoms with Crippen LogP contribution in [0.25, 0.3) is 11.0 Å². The molecule has 1 atom stereocenters. The SMILES string of the molecule is CNC(Cc1cccc(C)c1)c1cc2cc(F)ccc2o1. The summed E-state index contributed by atoms with van der Waals surface area (Å²) in [4.78, 5) is 0. The number of fused-ring (bicyclic) bond motifs is 1. The predicted octanol–water partition coefficient (Wildman–Crippen LogP) is 4.38. The Labute approximate surface area is 123 Å². The van der Waals surface area contributed by atoms with Gasteiger partial charge in [0.15, 0.2) is 0 Å². The smallest absolute Gasteiger partial charge is 0.134 e. The van der Waals surface area contributed by atoms with Crippen molar-refractivity contribution in [2.45, 2.75) is 19.4 Å². The molecule has 3 rings (SSSR count). The van der Waals surface area contributed by atoms with E-state index in [0.29, 0.717) is 0 Å². The number of hydrogen-bond acceptors (Lipinski definition) is 2. The van der Waals surface area contributed by atoms with Crippen LogP contribution < -0.4 is 5.32 Å². The zero-order chi connectivity index (χ0) is 14.8. The molecule has 0 saturated heterocycles. The van der Waals surface area contributed by atoms with E-state index in [1.165, 1.54) is 23.3 Å². The maximum atomic E-state index is 13.3. The van der Waals surface area contributed by atoms with Gasteiger partial charge in [0, 0.05) is 5.39 Å². The van der Waals surface area contributed by atoms with Crippen molar-refractivity contribution in [3.05, 3.63) is 71.2 Å². The van der Waals surface area contributed by atoms with E-state index in [4.69, 9.17) is 4.42 Å². The molecule has 3 aromatic rings. The molecule has 1 unspecified atom stereocenters. The molecule has 1 aromatic heterocycles. The van der Waals surface area contributed by atoms with Crippen LogP contribution in [0.2, 0.25) is 0 Å². The van der Waals surface area contributed by atoms with E-state index in [0.717, 1.165) is 23.2 Å². The molecule has 0 amide bonds. The Bertz CT molecular complexity index is 763. The zero-order valence-corrected chi connectivity index (χ0v) is 12.2. The van der Waals surface area contributed by atoms with Gasteiger partial charge in [0.1, 0.15) is 17.2 Å². The van der Waals surface area contributed by atoms with E-state index < -0.39 is 0 Å². The van der Waals surface area contributed by atoms with Crippen molar-refractivity contribution in [2.24, 2.45) is 0 Å². The summed E-state index contributed by atoms with van der Waals surface area (Å²) in [6, 6.07) is 15.0. The lowest BCUT2D eigenvalue weighted by Crippen LogP contribution is -2.18. The van der Waals surface area contributed by atoms with Gasteiger partial charge in [0.2, 0.25) is 0 Å². The first-order chi connectivity index (χ1) is 10.2. The second kappa shape index (κ2) is 5.70. The number of hydrogen-bond donors (Lipinski definition) is 1. The van der Waals surface area contributed by atoms with Crippen LogP contribution in [0.1, 0.15) is 22.9 Å². The minimum Gasteiger partial charge on any atom is -0.459 e. The molecule has 0 aliphatic rings. The lowest BCUT2D eigenvalue weighted by Gasteiger charge is -2.13. The maximum absolute atomic E-state index is 13.3. The predicted molar refractivity (Wildman–Crippen MR) is 82.9 cm³/mol. The number of halogens is 1. The summed E-state index contributed by atoms with van der Waals surface area (Å²) in [5.74, 6) is 0.592. The van der Waals surface area contributed by atoms with E-state index in [9.17, 15) is 4.39 Å². The normalized spacial score (nSPS) is 12.7. The van der Waals surface area contributed by atoms with Crippen LogP contribution in [0.15, 0.2) is 52.9 Å². The lowest BCUT2D eigenvalue weighted by molar-refractivity contribution is 0.450. The molecule has 108 valence electrons. The Morgan fingerprint density at radius 1 is 1.14 bits per heavy atom. The zero-order valence-electron chi connectivity index (χ0n) is 12.2. The minimum absolute atomic E-state index is 0.0715. The fourth-order valence-electron chi connectivity index (χ4n) is 2.63. The first-order valence-corrected chi connectivity index (χ1v) is 7.07. The molecule has 21 heavy (non-hydrogen) atoms. The first-order valence-electron chi connectivity index (χ1n) is 7.07. The molecule has 1 heterocycles. The molecular weight excluding hydrogens is 265 g/mol. The topological polar surface area (TPSA) is 25.2 Å². The van der Waals surface area contributed by atoms with E-state index in [2.05, 4.69) is 36.5 Å². The van der Waals surface area contributed by atoms with Gasteiger partial charge in [0.05, 0.1) is 6.04 Å². The highest BCUT2D eigenvalue weighted by Crippen LogP contribution is 2.26. The van der Waals surface area contributed by atoms with Crippen molar-refractivity contribution < 1.29 is 8.81 Å². The number of furan rings is 1. The van der Waals surface area contributed by atoms with Gasteiger partial charge in [-0.15, -0.1) is 0 Å². The third kappa shape index (κ3) is 2.98. The van der Waals surface area contributed by atoms with Crippen LogP contribution in [-0.4, -0.2) is 7.05 Å². The minimum atomic E-state index is -0.241. The van der Waals surface area contributed by atoms with Crippen LogP contribution in [0, 0.1) is 12.7 Å². The van der Waals surface area contributed by atoms with Crippen LogP contribution in [0.5, 0.6) is 0 Å². The molecule has 3 heteroatoms. The van der Waals surface area contributed by atoms with Gasteiger partial charge < -0.3 is 9.73 Å². The first kappa shape index (κ1) is 13.8. The molecule has 0 bridgehead atoms. The quantitative estimate of drug-likeness (QED) is 0.768. The van der Waals surface area contributed by atoms with Crippen molar-refractivity contribution in [3.8, 4) is 0 Å². The molecule has 0 fully saturated rings. The Hall–Kier alpha value is -2.13. The summed E-state index contributed by atoms with van der Waals surface area (Å²) < 4.78 is 19.1. The number of rotatable bonds is 4. The fraction of sp³-hybridized carbons (Fsp3) is 0.222. The largest absolute Gasteiger partial charge is 0.459 e. The third-order valence-electron chi connectivity index (χ3n) is 3.71. The molecule has 2 nitrogen and oxygen atoms in total. The molecule has 0 saturated carbocycles. The summed E-state index contributed by atoms with van der Waals surface area (Å²) in [7, 11) is 1.91. The van der Waals surface area contributed by atoms with Gasteiger partial charge >= 0.3 is 0 Å². The van der Waals surface area contributed by atoms with E-state index >= 15 is 0 Å². The monoisotopic (exact) mass is 283 g/mol. The molecule has 0 aliphatic carbocycles. The second-order valence-corrected chi connectivity index (χ2v) is 5.37. The molecule has 0 aliphatic heterocycles. The number of likely N-dealkylation sites (N-methyl/N-ethyl adjacent to an activating group) is 1. The van der Waals surface area contributed by atoms with Crippen LogP contribution in [0.4, 0.5) is 4.39 Å². The average molecular weight is 283 g/mol. The van der Waals surface area contributed by atoms with Crippen molar-refractivity contribution in [1.82, 2.24) is 5.32 Å². The third-order valence-corrected chi connectivity index (χ3v) is 3.71. The average Bonchev–Trinajstić information content (AvgIpc) is 2.87. The molecular formula is C18H18FNO. The Kier molecular flexibility index (Phi) is 3.76. The van der Waals surface area contributed by atoms with Crippen LogP contribution in [-0.2, 0) is 6.42 Å². The highest BCUT2D eigenvalue weighted by Gasteiger charge is 2.15. The fourth-order valence-corrected chi connectivity index (χ4v) is 2.63. The lowest BCUT2D eigenvalue weighted by atomic mass is 10.0. The van der Waals surface area contributed by atoms with Crippen molar-refractivity contribution in [1.29, 1.82) is 0 Å². The molecule has 1 N–H and O–H groups in total. The summed E-state index contributed by atoms with van der Waals surface area (Å²) in [6.07, 6.45) is 0.834. The summed E-state index contributed by atoms with van der Waals surface area (Å²) in [5.41, 5.74) is 3.21. The van der Waals surface area contributed by atoms with Crippen molar-refractivity contribution in [2.75, 3.05) is 7.05 Å². The van der Waals surface area contributed by atoms with Gasteiger partial charge in [-0.2, -0.15) is 0 Å². The molecule has 2 aromatic carbocycles. The second-order valence-electron chi connectivity index (χ2n) is 5.37. The maximum Gasteiger partial charge on any atom is 0.134 e. The molecule has 0 radical (unpaired) electrons. The molecule has 0 spiro atoms. The van der Waals surface area contributed by atoms with E-state index in [1.54, 1.807) is 6.07 Å². The standard InChI is InChI=1S/C18H18FNO/c1-12-4-3-5-13(8-12)9-16(20-2)18-11-14-10-15(19)6-7-17(14)21-18/h3-8,10-11,16,20H,9H2,1-2H3. The van der Waals surface area contributed by atoms with Crippen LogP contribution in [0.3, 0.4) is 0 Å². The summed E-state index contributed by atoms with van der Waals surface area (Å²) >= 11 is 0. The van der Waals surface area contributed by atoms with Crippen molar-refractivity contribution >= 4 is 11.0 Å². The Morgan fingerprint density at radius 3 is 2.76 bits per heavy atom. The van der Waals surface area contributed by atoms with Gasteiger partial charge in [0.25, 0.3) is 0 Å². The van der Waals surface area contributed by atoms with Gasteiger partial charge in [-0.05, 0) is 50.2 Å². The Morgan fingerprint density at radius 2 is 2.00 bits per heavy atom. The number of benzene rings is 2. The van der Waals surface area contributed by atoms with Gasteiger partial charge in [-0.1, -0.05) is 29.8 Å². The van der Waals surface area contributed by atoms with Gasteiger partial charge in [-0.3, -0.25) is 0 Å². The summed E-state index contributed by atoms with van der Waals surface area (Å²) in [6.45, 7) is 2.09. The number of aryl methyl sites for hydroxylation is 1. The number of nitrogens with one attached hydrogen (secondary N) is 1.